The van der Waals surface area contributed by atoms with Gasteiger partial charge in [0.1, 0.15) is 0 Å². The van der Waals surface area contributed by atoms with E-state index in [9.17, 15) is 4.79 Å². The number of H-pyrrole nitrogens is 1. The van der Waals surface area contributed by atoms with Crippen molar-refractivity contribution >= 4 is 28.4 Å². The van der Waals surface area contributed by atoms with E-state index in [-0.39, 0.29) is 11.4 Å². The Balaban J connectivity index is 1.30. The fraction of sp³-hybridized carbons (Fsp3) is 0.318. The van der Waals surface area contributed by atoms with Gasteiger partial charge in [-0.3, -0.25) is 9.69 Å². The highest BCUT2D eigenvalue weighted by Crippen LogP contribution is 2.50. The molecule has 3 heterocycles. The number of fused-ring (bicyclic) bond motifs is 2. The molecule has 138 valence electrons. The number of hydrogen-bond donors (Lipinski definition) is 2. The van der Waals surface area contributed by atoms with E-state index >= 15 is 0 Å². The van der Waals surface area contributed by atoms with E-state index in [0.717, 1.165) is 29.9 Å². The van der Waals surface area contributed by atoms with Crippen molar-refractivity contribution in [3.8, 4) is 0 Å². The van der Waals surface area contributed by atoms with Crippen LogP contribution >= 0.6 is 11.6 Å². The van der Waals surface area contributed by atoms with Gasteiger partial charge in [-0.05, 0) is 30.4 Å². The van der Waals surface area contributed by atoms with Crippen molar-refractivity contribution in [1.29, 1.82) is 0 Å². The van der Waals surface area contributed by atoms with Crippen LogP contribution in [0, 0.1) is 5.92 Å². The van der Waals surface area contributed by atoms with Gasteiger partial charge in [0.15, 0.2) is 0 Å². The molecule has 1 saturated carbocycles. The number of carbonyl (C=O) groups is 1. The molecule has 3 aliphatic rings. The lowest BCUT2D eigenvalue weighted by atomic mass is 9.73. The molecular formula is C22H22ClN3O. The van der Waals surface area contributed by atoms with Gasteiger partial charge in [0, 0.05) is 36.8 Å². The van der Waals surface area contributed by atoms with Gasteiger partial charge in [-0.15, -0.1) is 0 Å². The second-order valence-corrected chi connectivity index (χ2v) is 8.32. The topological polar surface area (TPSA) is 48.1 Å². The number of benzene rings is 2. The lowest BCUT2D eigenvalue weighted by Gasteiger charge is -2.42. The summed E-state index contributed by atoms with van der Waals surface area (Å²) >= 11 is 6.21. The van der Waals surface area contributed by atoms with Crippen LogP contribution in [0.15, 0.2) is 54.7 Å². The van der Waals surface area contributed by atoms with Gasteiger partial charge in [-0.2, -0.15) is 0 Å². The standard InChI is InChI=1S/C22H22ClN3O/c23-19-8-4-7-17-18(11-24-20(17)19)21(27)25-14-22-9-16(10-22)13-26(22)12-15-5-2-1-3-6-15/h1-8,11,16,24H,9-10,12-14H2,(H,25,27). The Morgan fingerprint density at radius 3 is 2.81 bits per heavy atom. The first-order chi connectivity index (χ1) is 13.1. The first-order valence-corrected chi connectivity index (χ1v) is 9.85. The Kier molecular flexibility index (Phi) is 3.99. The predicted molar refractivity (Wildman–Crippen MR) is 108 cm³/mol. The number of nitrogens with zero attached hydrogens (tertiary/aromatic N) is 1. The van der Waals surface area contributed by atoms with Gasteiger partial charge < -0.3 is 10.3 Å². The van der Waals surface area contributed by atoms with Crippen molar-refractivity contribution in [1.82, 2.24) is 15.2 Å². The van der Waals surface area contributed by atoms with E-state index in [1.54, 1.807) is 6.20 Å². The molecule has 3 aromatic rings. The quantitative estimate of drug-likeness (QED) is 0.697. The molecule has 4 nitrogen and oxygen atoms in total. The number of carbonyl (C=O) groups excluding carboxylic acids is 1. The molecule has 2 bridgehead atoms. The Hall–Kier alpha value is -2.30. The summed E-state index contributed by atoms with van der Waals surface area (Å²) in [6, 6.07) is 16.2. The summed E-state index contributed by atoms with van der Waals surface area (Å²) in [5.74, 6) is 0.741. The maximum atomic E-state index is 12.8. The Morgan fingerprint density at radius 2 is 2.00 bits per heavy atom. The minimum absolute atomic E-state index is 0.0343. The average Bonchev–Trinajstić information content (AvgIpc) is 3.32. The van der Waals surface area contributed by atoms with Gasteiger partial charge >= 0.3 is 0 Å². The fourth-order valence-electron chi connectivity index (χ4n) is 4.84. The van der Waals surface area contributed by atoms with Crippen molar-refractivity contribution in [2.75, 3.05) is 13.1 Å². The molecule has 27 heavy (non-hydrogen) atoms. The number of aromatic nitrogens is 1. The second kappa shape index (κ2) is 6.39. The molecule has 1 amide bonds. The van der Waals surface area contributed by atoms with Crippen molar-refractivity contribution in [3.05, 3.63) is 70.9 Å². The molecule has 0 atom stereocenters. The molecule has 0 unspecified atom stereocenters. The second-order valence-electron chi connectivity index (χ2n) is 7.91. The number of halogens is 1. The smallest absolute Gasteiger partial charge is 0.253 e. The van der Waals surface area contributed by atoms with Gasteiger partial charge in [-0.1, -0.05) is 54.1 Å². The summed E-state index contributed by atoms with van der Waals surface area (Å²) in [5, 5.41) is 4.70. The molecule has 2 N–H and O–H groups in total. The summed E-state index contributed by atoms with van der Waals surface area (Å²) in [6.45, 7) is 2.78. The number of rotatable bonds is 5. The maximum absolute atomic E-state index is 12.8. The van der Waals surface area contributed by atoms with E-state index in [1.165, 1.54) is 18.4 Å². The Bertz CT molecular complexity index is 991. The van der Waals surface area contributed by atoms with E-state index in [1.807, 2.05) is 18.2 Å². The number of aromatic amines is 1. The summed E-state index contributed by atoms with van der Waals surface area (Å²) in [4.78, 5) is 18.5. The van der Waals surface area contributed by atoms with Gasteiger partial charge in [0.25, 0.3) is 5.91 Å². The molecule has 2 saturated heterocycles. The lowest BCUT2D eigenvalue weighted by Crippen LogP contribution is -2.53. The van der Waals surface area contributed by atoms with Crippen LogP contribution in [-0.4, -0.2) is 34.4 Å². The van der Waals surface area contributed by atoms with Crippen LogP contribution in [0.2, 0.25) is 5.02 Å². The van der Waals surface area contributed by atoms with E-state index in [4.69, 9.17) is 11.6 Å². The molecular weight excluding hydrogens is 358 g/mol. The predicted octanol–water partition coefficient (Wildman–Crippen LogP) is 4.22. The first kappa shape index (κ1) is 16.8. The Morgan fingerprint density at radius 1 is 1.19 bits per heavy atom. The molecule has 3 fully saturated rings. The molecule has 0 radical (unpaired) electrons. The van der Waals surface area contributed by atoms with Crippen molar-refractivity contribution in [2.45, 2.75) is 24.9 Å². The summed E-state index contributed by atoms with van der Waals surface area (Å²) < 4.78 is 0. The van der Waals surface area contributed by atoms with Gasteiger partial charge in [0.05, 0.1) is 16.1 Å². The van der Waals surface area contributed by atoms with Crippen LogP contribution in [0.3, 0.4) is 0 Å². The van der Waals surface area contributed by atoms with E-state index < -0.39 is 0 Å². The highest BCUT2D eigenvalue weighted by molar-refractivity contribution is 6.35. The fourth-order valence-corrected chi connectivity index (χ4v) is 5.07. The highest BCUT2D eigenvalue weighted by atomic mass is 35.5. The third-order valence-electron chi connectivity index (χ3n) is 6.19. The highest BCUT2D eigenvalue weighted by Gasteiger charge is 2.55. The van der Waals surface area contributed by atoms with Crippen LogP contribution in [0.5, 0.6) is 0 Å². The number of nitrogens with one attached hydrogen (secondary N) is 2. The minimum Gasteiger partial charge on any atom is -0.359 e. The SMILES string of the molecule is O=C(NCC12CC(CN1Cc1ccccc1)C2)c1c[nH]c2c(Cl)cccc12. The van der Waals surface area contributed by atoms with Crippen LogP contribution in [0.25, 0.3) is 10.9 Å². The average molecular weight is 380 g/mol. The van der Waals surface area contributed by atoms with Crippen molar-refractivity contribution in [3.63, 3.8) is 0 Å². The van der Waals surface area contributed by atoms with Gasteiger partial charge in [0.2, 0.25) is 0 Å². The molecule has 0 spiro atoms. The monoisotopic (exact) mass is 379 g/mol. The lowest BCUT2D eigenvalue weighted by molar-refractivity contribution is 0.0799. The van der Waals surface area contributed by atoms with Crippen LogP contribution < -0.4 is 5.32 Å². The Labute approximate surface area is 163 Å². The molecule has 1 aliphatic carbocycles. The molecule has 1 aromatic heterocycles. The van der Waals surface area contributed by atoms with Gasteiger partial charge in [-0.25, -0.2) is 0 Å². The minimum atomic E-state index is -0.0343. The largest absolute Gasteiger partial charge is 0.359 e. The number of hydrogen-bond acceptors (Lipinski definition) is 2. The van der Waals surface area contributed by atoms with E-state index in [2.05, 4.69) is 45.5 Å². The zero-order valence-corrected chi connectivity index (χ0v) is 15.8. The zero-order chi connectivity index (χ0) is 18.4. The van der Waals surface area contributed by atoms with Crippen LogP contribution in [0.1, 0.15) is 28.8 Å². The third kappa shape index (κ3) is 2.84. The first-order valence-electron chi connectivity index (χ1n) is 9.47. The molecule has 6 rings (SSSR count). The summed E-state index contributed by atoms with van der Waals surface area (Å²) in [7, 11) is 0. The van der Waals surface area contributed by atoms with Crippen LogP contribution in [0.4, 0.5) is 0 Å². The number of amides is 1. The zero-order valence-electron chi connectivity index (χ0n) is 15.0. The molecule has 2 aliphatic heterocycles. The number of para-hydroxylation sites is 1. The summed E-state index contributed by atoms with van der Waals surface area (Å²) in [5.41, 5.74) is 2.92. The van der Waals surface area contributed by atoms with Crippen molar-refractivity contribution in [2.24, 2.45) is 5.92 Å². The summed E-state index contributed by atoms with van der Waals surface area (Å²) in [6.07, 6.45) is 4.11. The van der Waals surface area contributed by atoms with Crippen LogP contribution in [-0.2, 0) is 6.54 Å². The van der Waals surface area contributed by atoms with E-state index in [0.29, 0.717) is 17.1 Å². The maximum Gasteiger partial charge on any atom is 0.253 e. The molecule has 2 aromatic carbocycles. The van der Waals surface area contributed by atoms with Crippen molar-refractivity contribution < 1.29 is 4.79 Å². The molecule has 5 heteroatoms. The normalized spacial score (nSPS) is 24.1. The third-order valence-corrected chi connectivity index (χ3v) is 6.51.